The van der Waals surface area contributed by atoms with Crippen LogP contribution in [-0.4, -0.2) is 56.0 Å². The topological polar surface area (TPSA) is 104 Å². The molecular weight excluding hydrogens is 418 g/mol. The molecule has 0 N–H and O–H groups in total. The normalized spacial score (nSPS) is 22.6. The molecule has 0 spiro atoms. The zero-order valence-electron chi connectivity index (χ0n) is 18.3. The van der Waals surface area contributed by atoms with Gasteiger partial charge in [-0.2, -0.15) is 15.5 Å². The number of nitriles is 1. The summed E-state index contributed by atoms with van der Waals surface area (Å²) in [6, 6.07) is 10.5. The molecule has 1 aliphatic carbocycles. The standard InChI is InChI=1S/C24H23N7O2/c1-32-18-10-24(11-18,5-6-25)31-8-4-20(29-31)23-19-3-2-7-26-22(19)9-21(28-23)16-12-27-30(13-16)17-14-33-15-17/h2-4,7-9,12-13,17-18H,5,10-11,14-15H2,1H3. The highest BCUT2D eigenvalue weighted by Gasteiger charge is 2.47. The van der Waals surface area contributed by atoms with Gasteiger partial charge in [-0.15, -0.1) is 0 Å². The lowest BCUT2D eigenvalue weighted by Crippen LogP contribution is -2.50. The van der Waals surface area contributed by atoms with Crippen LogP contribution in [0.15, 0.2) is 49.1 Å². The first-order valence-electron chi connectivity index (χ1n) is 11.0. The van der Waals surface area contributed by atoms with E-state index in [1.54, 1.807) is 13.3 Å². The molecule has 0 bridgehead atoms. The Morgan fingerprint density at radius 1 is 1.27 bits per heavy atom. The molecule has 4 aromatic heterocycles. The fourth-order valence-electron chi connectivity index (χ4n) is 4.69. The number of methoxy groups -OCH3 is 1. The second-order valence-electron chi connectivity index (χ2n) is 8.80. The summed E-state index contributed by atoms with van der Waals surface area (Å²) in [7, 11) is 1.71. The summed E-state index contributed by atoms with van der Waals surface area (Å²) in [4.78, 5) is 9.56. The lowest BCUT2D eigenvalue weighted by atomic mass is 9.72. The van der Waals surface area contributed by atoms with E-state index in [9.17, 15) is 5.26 Å². The molecule has 2 aliphatic rings. The number of hydrogen-bond donors (Lipinski definition) is 0. The minimum absolute atomic E-state index is 0.162. The van der Waals surface area contributed by atoms with Crippen molar-refractivity contribution < 1.29 is 9.47 Å². The molecule has 5 heterocycles. The lowest BCUT2D eigenvalue weighted by molar-refractivity contribution is -0.0541. The van der Waals surface area contributed by atoms with Gasteiger partial charge in [-0.25, -0.2) is 4.98 Å². The highest BCUT2D eigenvalue weighted by atomic mass is 16.5. The van der Waals surface area contributed by atoms with Crippen LogP contribution in [0.3, 0.4) is 0 Å². The fraction of sp³-hybridized carbons (Fsp3) is 0.375. The Balaban J connectivity index is 1.41. The quantitative estimate of drug-likeness (QED) is 0.452. The maximum atomic E-state index is 9.41. The molecule has 1 aliphatic heterocycles. The third-order valence-electron chi connectivity index (χ3n) is 6.77. The molecule has 6 rings (SSSR count). The Hall–Kier alpha value is -3.61. The number of aromatic nitrogens is 6. The SMILES string of the molecule is COC1CC(CC#N)(n2ccc(-c3nc(-c4cnn(C5COC5)c4)cc4ncccc34)n2)C1. The average molecular weight is 441 g/mol. The second kappa shape index (κ2) is 7.76. The number of pyridine rings is 2. The van der Waals surface area contributed by atoms with Gasteiger partial charge in [-0.3, -0.25) is 14.3 Å². The Kier molecular flexibility index (Phi) is 4.71. The van der Waals surface area contributed by atoms with Crippen LogP contribution in [0, 0.1) is 11.3 Å². The predicted molar refractivity (Wildman–Crippen MR) is 120 cm³/mol. The second-order valence-corrected chi connectivity index (χ2v) is 8.80. The van der Waals surface area contributed by atoms with Crippen LogP contribution in [0.25, 0.3) is 33.5 Å². The Bertz CT molecular complexity index is 1360. The van der Waals surface area contributed by atoms with Crippen LogP contribution in [0.5, 0.6) is 0 Å². The molecule has 2 fully saturated rings. The van der Waals surface area contributed by atoms with Crippen molar-refractivity contribution in [2.45, 2.75) is 36.9 Å². The smallest absolute Gasteiger partial charge is 0.111 e. The Labute approximate surface area is 190 Å². The van der Waals surface area contributed by atoms with Crippen LogP contribution >= 0.6 is 0 Å². The van der Waals surface area contributed by atoms with Gasteiger partial charge in [0.25, 0.3) is 0 Å². The maximum absolute atomic E-state index is 9.41. The molecule has 9 heteroatoms. The molecule has 0 aromatic carbocycles. The summed E-state index contributed by atoms with van der Waals surface area (Å²) in [5.74, 6) is 0. The minimum atomic E-state index is -0.328. The highest BCUT2D eigenvalue weighted by Crippen LogP contribution is 2.43. The first-order valence-corrected chi connectivity index (χ1v) is 11.0. The number of rotatable bonds is 6. The molecule has 9 nitrogen and oxygen atoms in total. The van der Waals surface area contributed by atoms with Crippen molar-refractivity contribution in [1.29, 1.82) is 5.26 Å². The van der Waals surface area contributed by atoms with E-state index in [4.69, 9.17) is 19.6 Å². The van der Waals surface area contributed by atoms with Crippen molar-refractivity contribution in [3.8, 4) is 28.7 Å². The number of fused-ring (bicyclic) bond motifs is 1. The lowest BCUT2D eigenvalue weighted by Gasteiger charge is -2.45. The first kappa shape index (κ1) is 20.0. The van der Waals surface area contributed by atoms with Gasteiger partial charge in [-0.05, 0) is 37.1 Å². The van der Waals surface area contributed by atoms with E-state index in [2.05, 4.69) is 16.2 Å². The summed E-state index contributed by atoms with van der Waals surface area (Å²) in [5.41, 5.74) is 3.77. The average Bonchev–Trinajstić information content (AvgIpc) is 3.45. The van der Waals surface area contributed by atoms with E-state index in [0.717, 1.165) is 46.4 Å². The summed E-state index contributed by atoms with van der Waals surface area (Å²) in [6.45, 7) is 1.37. The zero-order chi connectivity index (χ0) is 22.4. The molecule has 1 saturated carbocycles. The highest BCUT2D eigenvalue weighted by molar-refractivity contribution is 5.93. The monoisotopic (exact) mass is 441 g/mol. The van der Waals surface area contributed by atoms with E-state index < -0.39 is 0 Å². The van der Waals surface area contributed by atoms with E-state index in [0.29, 0.717) is 19.6 Å². The molecule has 0 unspecified atom stereocenters. The molecular formula is C24H23N7O2. The van der Waals surface area contributed by atoms with Gasteiger partial charge in [-0.1, -0.05) is 0 Å². The predicted octanol–water partition coefficient (Wildman–Crippen LogP) is 3.35. The molecule has 166 valence electrons. The molecule has 0 radical (unpaired) electrons. The van der Waals surface area contributed by atoms with Crippen LogP contribution in [0.4, 0.5) is 0 Å². The number of nitrogens with zero attached hydrogens (tertiary/aromatic N) is 7. The van der Waals surface area contributed by atoms with Crippen molar-refractivity contribution in [2.24, 2.45) is 0 Å². The third-order valence-corrected chi connectivity index (χ3v) is 6.77. The van der Waals surface area contributed by atoms with Crippen molar-refractivity contribution in [3.05, 3.63) is 49.1 Å². The largest absolute Gasteiger partial charge is 0.381 e. The molecule has 1 saturated heterocycles. The Morgan fingerprint density at radius 2 is 2.15 bits per heavy atom. The maximum Gasteiger partial charge on any atom is 0.111 e. The van der Waals surface area contributed by atoms with Gasteiger partial charge in [0, 0.05) is 36.7 Å². The van der Waals surface area contributed by atoms with E-state index in [1.807, 2.05) is 52.2 Å². The van der Waals surface area contributed by atoms with Gasteiger partial charge in [0.1, 0.15) is 11.4 Å². The number of ether oxygens (including phenoxy) is 2. The van der Waals surface area contributed by atoms with Crippen LogP contribution < -0.4 is 0 Å². The van der Waals surface area contributed by atoms with Crippen LogP contribution in [0.1, 0.15) is 25.3 Å². The minimum Gasteiger partial charge on any atom is -0.381 e. The molecule has 33 heavy (non-hydrogen) atoms. The van der Waals surface area contributed by atoms with Crippen molar-refractivity contribution in [2.75, 3.05) is 20.3 Å². The van der Waals surface area contributed by atoms with Gasteiger partial charge < -0.3 is 9.47 Å². The summed E-state index contributed by atoms with van der Waals surface area (Å²) in [6.07, 6.45) is 9.68. The molecule has 0 atom stereocenters. The van der Waals surface area contributed by atoms with E-state index >= 15 is 0 Å². The van der Waals surface area contributed by atoms with Gasteiger partial charge in [0.05, 0.1) is 60.8 Å². The van der Waals surface area contributed by atoms with Crippen molar-refractivity contribution in [3.63, 3.8) is 0 Å². The molecule has 0 amide bonds. The zero-order valence-corrected chi connectivity index (χ0v) is 18.3. The summed E-state index contributed by atoms with van der Waals surface area (Å²) in [5, 5.41) is 19.7. The van der Waals surface area contributed by atoms with Gasteiger partial charge >= 0.3 is 0 Å². The fourth-order valence-corrected chi connectivity index (χ4v) is 4.69. The Morgan fingerprint density at radius 3 is 2.91 bits per heavy atom. The van der Waals surface area contributed by atoms with Crippen LogP contribution in [0.2, 0.25) is 0 Å². The van der Waals surface area contributed by atoms with Gasteiger partial charge in [0.15, 0.2) is 0 Å². The van der Waals surface area contributed by atoms with Crippen molar-refractivity contribution >= 4 is 10.9 Å². The summed E-state index contributed by atoms with van der Waals surface area (Å²) >= 11 is 0. The number of hydrogen-bond acceptors (Lipinski definition) is 7. The van der Waals surface area contributed by atoms with E-state index in [-0.39, 0.29) is 17.7 Å². The van der Waals surface area contributed by atoms with Gasteiger partial charge in [0.2, 0.25) is 0 Å². The summed E-state index contributed by atoms with van der Waals surface area (Å²) < 4.78 is 14.6. The van der Waals surface area contributed by atoms with E-state index in [1.165, 1.54) is 0 Å². The molecule has 4 aromatic rings. The van der Waals surface area contributed by atoms with Crippen LogP contribution in [-0.2, 0) is 15.0 Å². The third kappa shape index (κ3) is 3.30. The van der Waals surface area contributed by atoms with Crippen molar-refractivity contribution in [1.82, 2.24) is 29.5 Å². The first-order chi connectivity index (χ1) is 16.2.